The Labute approximate surface area is 90.5 Å². The number of nitrogens with one attached hydrogen (secondary N) is 2. The summed E-state index contributed by atoms with van der Waals surface area (Å²) in [7, 11) is 0. The van der Waals surface area contributed by atoms with E-state index < -0.39 is 0 Å². The molecule has 0 aromatic carbocycles. The largest absolute Gasteiger partial charge is 0.368 e. The van der Waals surface area contributed by atoms with E-state index in [2.05, 4.69) is 48.4 Å². The molecule has 0 spiro atoms. The molecular formula is C10H19N5. The molecular weight excluding hydrogens is 190 g/mol. The number of rotatable bonds is 4. The molecule has 0 atom stereocenters. The van der Waals surface area contributed by atoms with Gasteiger partial charge in [0.1, 0.15) is 17.5 Å². The van der Waals surface area contributed by atoms with E-state index in [4.69, 9.17) is 5.84 Å². The standard InChI is InChI=1S/C10H19N5/c1-6(2)10-13-8(12-7(3)4)5-9(14-10)15-11/h5-7H,11H2,1-4H3,(H2,12,13,14,15). The molecule has 15 heavy (non-hydrogen) atoms. The zero-order valence-electron chi connectivity index (χ0n) is 9.70. The number of anilines is 2. The van der Waals surface area contributed by atoms with Crippen molar-refractivity contribution in [2.24, 2.45) is 5.84 Å². The maximum Gasteiger partial charge on any atom is 0.145 e. The lowest BCUT2D eigenvalue weighted by Gasteiger charge is -2.13. The monoisotopic (exact) mass is 209 g/mol. The van der Waals surface area contributed by atoms with Crippen LogP contribution in [0.3, 0.4) is 0 Å². The minimum absolute atomic E-state index is 0.283. The van der Waals surface area contributed by atoms with E-state index in [0.717, 1.165) is 11.6 Å². The van der Waals surface area contributed by atoms with Crippen LogP contribution in [0.1, 0.15) is 39.4 Å². The van der Waals surface area contributed by atoms with Crippen molar-refractivity contribution in [3.05, 3.63) is 11.9 Å². The van der Waals surface area contributed by atoms with Gasteiger partial charge in [0.2, 0.25) is 0 Å². The van der Waals surface area contributed by atoms with Crippen LogP contribution in [0.2, 0.25) is 0 Å². The summed E-state index contributed by atoms with van der Waals surface area (Å²) in [5.74, 6) is 7.86. The van der Waals surface area contributed by atoms with E-state index in [-0.39, 0.29) is 5.92 Å². The molecule has 5 heteroatoms. The van der Waals surface area contributed by atoms with Crippen molar-refractivity contribution >= 4 is 11.6 Å². The Morgan fingerprint density at radius 1 is 1.13 bits per heavy atom. The fraction of sp³-hybridized carbons (Fsp3) is 0.600. The molecule has 0 amide bonds. The molecule has 0 aliphatic rings. The minimum atomic E-state index is 0.283. The summed E-state index contributed by atoms with van der Waals surface area (Å²) in [5, 5.41) is 3.23. The second-order valence-electron chi connectivity index (χ2n) is 4.09. The van der Waals surface area contributed by atoms with Crippen LogP contribution in [-0.2, 0) is 0 Å². The molecule has 0 saturated heterocycles. The summed E-state index contributed by atoms with van der Waals surface area (Å²) in [6.07, 6.45) is 0. The average molecular weight is 209 g/mol. The Bertz CT molecular complexity index is 322. The van der Waals surface area contributed by atoms with Crippen LogP contribution in [0.4, 0.5) is 11.6 Å². The zero-order valence-corrected chi connectivity index (χ0v) is 9.70. The third-order valence-electron chi connectivity index (χ3n) is 1.84. The number of hydrazine groups is 1. The molecule has 0 aliphatic carbocycles. The predicted molar refractivity (Wildman–Crippen MR) is 62.7 cm³/mol. The van der Waals surface area contributed by atoms with Gasteiger partial charge in [0.15, 0.2) is 0 Å². The summed E-state index contributed by atoms with van der Waals surface area (Å²) in [6, 6.07) is 2.14. The summed E-state index contributed by atoms with van der Waals surface area (Å²) < 4.78 is 0. The Kier molecular flexibility index (Phi) is 3.85. The van der Waals surface area contributed by atoms with E-state index in [1.165, 1.54) is 0 Å². The van der Waals surface area contributed by atoms with Gasteiger partial charge in [0, 0.05) is 18.0 Å². The molecule has 5 nitrogen and oxygen atoms in total. The first kappa shape index (κ1) is 11.7. The van der Waals surface area contributed by atoms with Gasteiger partial charge < -0.3 is 10.7 Å². The van der Waals surface area contributed by atoms with Gasteiger partial charge in [-0.15, -0.1) is 0 Å². The van der Waals surface area contributed by atoms with Crippen molar-refractivity contribution < 1.29 is 0 Å². The van der Waals surface area contributed by atoms with Crippen LogP contribution in [0.25, 0.3) is 0 Å². The van der Waals surface area contributed by atoms with Gasteiger partial charge in [0.25, 0.3) is 0 Å². The molecule has 1 aromatic rings. The second kappa shape index (κ2) is 4.93. The van der Waals surface area contributed by atoms with E-state index in [9.17, 15) is 0 Å². The van der Waals surface area contributed by atoms with Crippen LogP contribution in [-0.4, -0.2) is 16.0 Å². The Morgan fingerprint density at radius 2 is 1.73 bits per heavy atom. The molecule has 1 rings (SSSR count). The highest BCUT2D eigenvalue weighted by molar-refractivity contribution is 5.47. The van der Waals surface area contributed by atoms with Gasteiger partial charge in [-0.25, -0.2) is 15.8 Å². The molecule has 1 aromatic heterocycles. The van der Waals surface area contributed by atoms with Crippen molar-refractivity contribution in [3.63, 3.8) is 0 Å². The summed E-state index contributed by atoms with van der Waals surface area (Å²) in [6.45, 7) is 8.23. The van der Waals surface area contributed by atoms with E-state index in [1.807, 2.05) is 0 Å². The SMILES string of the molecule is CC(C)Nc1cc(NN)nc(C(C)C)n1. The summed E-state index contributed by atoms with van der Waals surface area (Å²) in [4.78, 5) is 8.67. The molecule has 1 heterocycles. The number of hydrogen-bond acceptors (Lipinski definition) is 5. The maximum atomic E-state index is 5.35. The molecule has 0 aliphatic heterocycles. The number of nitrogens with two attached hydrogens (primary N) is 1. The van der Waals surface area contributed by atoms with E-state index in [0.29, 0.717) is 11.9 Å². The zero-order chi connectivity index (χ0) is 11.4. The molecule has 84 valence electrons. The average Bonchev–Trinajstić information content (AvgIpc) is 2.16. The second-order valence-corrected chi connectivity index (χ2v) is 4.09. The highest BCUT2D eigenvalue weighted by Gasteiger charge is 2.07. The first-order valence-electron chi connectivity index (χ1n) is 5.15. The van der Waals surface area contributed by atoms with Crippen molar-refractivity contribution in [2.75, 3.05) is 10.7 Å². The van der Waals surface area contributed by atoms with Crippen LogP contribution >= 0.6 is 0 Å². The number of aromatic nitrogens is 2. The third kappa shape index (κ3) is 3.36. The Morgan fingerprint density at radius 3 is 2.20 bits per heavy atom. The Hall–Kier alpha value is -1.36. The van der Waals surface area contributed by atoms with Crippen LogP contribution in [0.5, 0.6) is 0 Å². The van der Waals surface area contributed by atoms with Gasteiger partial charge in [-0.2, -0.15) is 0 Å². The van der Waals surface area contributed by atoms with Gasteiger partial charge in [0.05, 0.1) is 0 Å². The summed E-state index contributed by atoms with van der Waals surface area (Å²) >= 11 is 0. The van der Waals surface area contributed by atoms with Crippen molar-refractivity contribution in [2.45, 2.75) is 39.7 Å². The van der Waals surface area contributed by atoms with Crippen molar-refractivity contribution in [3.8, 4) is 0 Å². The van der Waals surface area contributed by atoms with Crippen molar-refractivity contribution in [1.82, 2.24) is 9.97 Å². The fourth-order valence-electron chi connectivity index (χ4n) is 1.17. The molecule has 0 fully saturated rings. The van der Waals surface area contributed by atoms with Gasteiger partial charge in [-0.3, -0.25) is 0 Å². The fourth-order valence-corrected chi connectivity index (χ4v) is 1.17. The highest BCUT2D eigenvalue weighted by atomic mass is 15.3. The molecule has 0 bridgehead atoms. The highest BCUT2D eigenvalue weighted by Crippen LogP contribution is 2.16. The smallest absolute Gasteiger partial charge is 0.145 e. The maximum absolute atomic E-state index is 5.35. The van der Waals surface area contributed by atoms with Gasteiger partial charge >= 0.3 is 0 Å². The van der Waals surface area contributed by atoms with Crippen LogP contribution < -0.4 is 16.6 Å². The quantitative estimate of drug-likeness (QED) is 0.520. The first-order valence-corrected chi connectivity index (χ1v) is 5.15. The van der Waals surface area contributed by atoms with Gasteiger partial charge in [-0.05, 0) is 13.8 Å². The molecule has 0 unspecified atom stereocenters. The lowest BCUT2D eigenvalue weighted by Crippen LogP contribution is -2.15. The van der Waals surface area contributed by atoms with Crippen LogP contribution in [0, 0.1) is 0 Å². The van der Waals surface area contributed by atoms with Gasteiger partial charge in [-0.1, -0.05) is 13.8 Å². The number of hydrogen-bond donors (Lipinski definition) is 3. The minimum Gasteiger partial charge on any atom is -0.368 e. The first-order chi connectivity index (χ1) is 7.02. The van der Waals surface area contributed by atoms with E-state index in [1.54, 1.807) is 6.07 Å². The van der Waals surface area contributed by atoms with E-state index >= 15 is 0 Å². The molecule has 0 saturated carbocycles. The van der Waals surface area contributed by atoms with Crippen LogP contribution in [0.15, 0.2) is 6.07 Å². The number of nitrogens with zero attached hydrogens (tertiary/aromatic N) is 2. The number of nitrogen functional groups attached to an aromatic ring is 1. The topological polar surface area (TPSA) is 75.9 Å². The van der Waals surface area contributed by atoms with Crippen molar-refractivity contribution in [1.29, 1.82) is 0 Å². The Balaban J connectivity index is 3.00. The summed E-state index contributed by atoms with van der Waals surface area (Å²) in [5.41, 5.74) is 2.54. The lowest BCUT2D eigenvalue weighted by molar-refractivity contribution is 0.770. The molecule has 0 radical (unpaired) electrons. The predicted octanol–water partition coefficient (Wildman–Crippen LogP) is 1.71. The normalized spacial score (nSPS) is 10.9. The lowest BCUT2D eigenvalue weighted by atomic mass is 10.2. The molecule has 4 N–H and O–H groups in total. The third-order valence-corrected chi connectivity index (χ3v) is 1.84.